The van der Waals surface area contributed by atoms with E-state index in [9.17, 15) is 0 Å². The van der Waals surface area contributed by atoms with Crippen molar-refractivity contribution in [2.24, 2.45) is 0 Å². The van der Waals surface area contributed by atoms with Gasteiger partial charge in [-0.1, -0.05) is 228 Å². The van der Waals surface area contributed by atoms with Crippen LogP contribution in [0.2, 0.25) is 0 Å². The molecule has 0 aliphatic carbocycles. The molecule has 0 saturated heterocycles. The van der Waals surface area contributed by atoms with Crippen LogP contribution in [-0.4, -0.2) is 6.71 Å². The Hall–Kier alpha value is -9.12. The molecule has 0 amide bonds. The predicted octanol–water partition coefficient (Wildman–Crippen LogP) is 18.6. The Bertz CT molecular complexity index is 4160. The number of fused-ring (bicyclic) bond motifs is 7. The van der Waals surface area contributed by atoms with Crippen LogP contribution in [0.15, 0.2) is 253 Å². The molecule has 3 heterocycles. The fourth-order valence-corrected chi connectivity index (χ4v) is 12.6. The number of hydrogen-bond donors (Lipinski definition) is 0. The molecule has 0 bridgehead atoms. The Morgan fingerprint density at radius 3 is 1.38 bits per heavy atom. The third-order valence-electron chi connectivity index (χ3n) is 16.4. The molecule has 0 saturated carbocycles. The molecule has 3 nitrogen and oxygen atoms in total. The van der Waals surface area contributed by atoms with Gasteiger partial charge in [-0.15, -0.1) is 0 Å². The lowest BCUT2D eigenvalue weighted by Gasteiger charge is -2.46. The monoisotopic (exact) mass is 1000 g/mol. The lowest BCUT2D eigenvalue weighted by atomic mass is 9.33. The lowest BCUT2D eigenvalue weighted by molar-refractivity contribution is 0.590. The summed E-state index contributed by atoms with van der Waals surface area (Å²) in [5, 5.41) is 2.37. The van der Waals surface area contributed by atoms with Gasteiger partial charge in [-0.3, -0.25) is 0 Å². The van der Waals surface area contributed by atoms with Crippen molar-refractivity contribution in [2.45, 2.75) is 52.4 Å². The third kappa shape index (κ3) is 7.97. The Balaban J connectivity index is 1.16. The number of rotatable bonds is 10. The summed E-state index contributed by atoms with van der Waals surface area (Å²) in [6.45, 7) is 9.28. The minimum atomic E-state index is -0.218. The predicted molar refractivity (Wildman–Crippen MR) is 332 cm³/mol. The highest BCUT2D eigenvalue weighted by atomic mass is 16.3. The van der Waals surface area contributed by atoms with Gasteiger partial charge in [-0.25, -0.2) is 0 Å². The van der Waals surface area contributed by atoms with E-state index in [0.717, 1.165) is 52.6 Å². The summed E-state index contributed by atoms with van der Waals surface area (Å²) in [7, 11) is 0. The maximum Gasteiger partial charge on any atom is 0.252 e. The van der Waals surface area contributed by atoms with Crippen LogP contribution in [0.1, 0.15) is 51.7 Å². The molecule has 14 rings (SSSR count). The molecule has 2 aliphatic heterocycles. The maximum atomic E-state index is 6.70. The van der Waals surface area contributed by atoms with E-state index in [1.807, 2.05) is 0 Å². The van der Waals surface area contributed by atoms with Crippen molar-refractivity contribution in [3.8, 4) is 55.6 Å². The first kappa shape index (κ1) is 47.3. The smallest absolute Gasteiger partial charge is 0.252 e. The van der Waals surface area contributed by atoms with E-state index < -0.39 is 0 Å². The Labute approximate surface area is 458 Å². The molecule has 0 unspecified atom stereocenters. The number of benzene rings is 11. The molecule has 374 valence electrons. The van der Waals surface area contributed by atoms with E-state index in [1.54, 1.807) is 0 Å². The molecule has 0 N–H and O–H groups in total. The van der Waals surface area contributed by atoms with Gasteiger partial charge >= 0.3 is 0 Å². The first-order valence-corrected chi connectivity index (χ1v) is 27.8. The normalized spacial score (nSPS) is 12.7. The second kappa shape index (κ2) is 19.2. The summed E-state index contributed by atoms with van der Waals surface area (Å²) in [6.07, 6.45) is 3.04. The average molecular weight is 1000 g/mol. The molecule has 0 fully saturated rings. The zero-order chi connectivity index (χ0) is 52.5. The van der Waals surface area contributed by atoms with Crippen LogP contribution in [0.3, 0.4) is 0 Å². The highest BCUT2D eigenvalue weighted by molar-refractivity contribution is 7.00. The van der Waals surface area contributed by atoms with Crippen LogP contribution in [0.25, 0.3) is 77.6 Å². The van der Waals surface area contributed by atoms with Crippen LogP contribution >= 0.6 is 0 Å². The first-order chi connectivity index (χ1) is 38.3. The summed E-state index contributed by atoms with van der Waals surface area (Å²) in [5.41, 5.74) is 27.0. The molecular formula is C74H59BN2O. The van der Waals surface area contributed by atoms with Gasteiger partial charge in [-0.05, 0) is 145 Å². The molecule has 12 aromatic rings. The standard InChI is InChI=1S/C74H59BN2O/c1-5-6-34-58-64(41-42-70-71(58)59-35-22-23-36-69(59)78-70)76-65-39-37-54(49-24-12-7-13-25-49)45-62(65)75-63-46-55(50-26-14-8-15-27-50)38-40-66(63)77(68-48-57(74(2,3)4)47-67(76)72(68)75)73-60(52-30-18-10-19-31-52)43-56(51-28-16-9-17-29-51)44-61(73)53-32-20-11-21-33-53/h7-33,35-48H,5-6,34H2,1-4H3. The van der Waals surface area contributed by atoms with Gasteiger partial charge in [-0.2, -0.15) is 0 Å². The fourth-order valence-electron chi connectivity index (χ4n) is 12.6. The van der Waals surface area contributed by atoms with Gasteiger partial charge in [0.2, 0.25) is 0 Å². The van der Waals surface area contributed by atoms with Gasteiger partial charge < -0.3 is 14.2 Å². The summed E-state index contributed by atoms with van der Waals surface area (Å²) in [6, 6.07) is 92.6. The van der Waals surface area contributed by atoms with Gasteiger partial charge in [0.25, 0.3) is 6.71 Å². The molecule has 78 heavy (non-hydrogen) atoms. The van der Waals surface area contributed by atoms with Gasteiger partial charge in [0.1, 0.15) is 11.2 Å². The van der Waals surface area contributed by atoms with Gasteiger partial charge in [0.05, 0.1) is 11.4 Å². The molecule has 0 spiro atoms. The van der Waals surface area contributed by atoms with Crippen LogP contribution in [0, 0.1) is 0 Å². The highest BCUT2D eigenvalue weighted by Gasteiger charge is 2.46. The molecule has 2 aliphatic rings. The topological polar surface area (TPSA) is 19.6 Å². The highest BCUT2D eigenvalue weighted by Crippen LogP contribution is 2.53. The number of hydrogen-bond acceptors (Lipinski definition) is 3. The largest absolute Gasteiger partial charge is 0.456 e. The minimum absolute atomic E-state index is 0.129. The van der Waals surface area contributed by atoms with Crippen molar-refractivity contribution < 1.29 is 4.42 Å². The Kier molecular flexibility index (Phi) is 11.6. The second-order valence-corrected chi connectivity index (χ2v) is 22.2. The first-order valence-electron chi connectivity index (χ1n) is 27.8. The summed E-state index contributed by atoms with van der Waals surface area (Å²) >= 11 is 0. The summed E-state index contributed by atoms with van der Waals surface area (Å²) in [5.74, 6) is 0. The Morgan fingerprint density at radius 1 is 0.397 bits per heavy atom. The molecular weight excluding hydrogens is 944 g/mol. The van der Waals surface area contributed by atoms with Crippen LogP contribution in [-0.2, 0) is 11.8 Å². The van der Waals surface area contributed by atoms with Crippen molar-refractivity contribution >= 4 is 79.2 Å². The molecule has 4 heteroatoms. The Morgan fingerprint density at radius 2 is 0.859 bits per heavy atom. The summed E-state index contributed by atoms with van der Waals surface area (Å²) in [4.78, 5) is 5.32. The van der Waals surface area contributed by atoms with E-state index in [0.29, 0.717) is 0 Å². The van der Waals surface area contributed by atoms with E-state index in [1.165, 1.54) is 106 Å². The molecule has 0 atom stereocenters. The molecule has 11 aromatic carbocycles. The van der Waals surface area contributed by atoms with Crippen LogP contribution in [0.4, 0.5) is 34.1 Å². The van der Waals surface area contributed by atoms with Crippen molar-refractivity contribution in [2.75, 3.05) is 9.80 Å². The summed E-state index contributed by atoms with van der Waals surface area (Å²) < 4.78 is 6.70. The average Bonchev–Trinajstić information content (AvgIpc) is 3.79. The van der Waals surface area contributed by atoms with Gasteiger partial charge in [0.15, 0.2) is 0 Å². The van der Waals surface area contributed by atoms with Crippen molar-refractivity contribution in [1.82, 2.24) is 0 Å². The van der Waals surface area contributed by atoms with E-state index >= 15 is 0 Å². The number of unbranched alkanes of at least 4 members (excludes halogenated alkanes) is 1. The van der Waals surface area contributed by atoms with Crippen molar-refractivity contribution in [3.63, 3.8) is 0 Å². The number of aryl methyl sites for hydroxylation is 1. The van der Waals surface area contributed by atoms with E-state index in [2.05, 4.69) is 286 Å². The number of furan rings is 1. The second-order valence-electron chi connectivity index (χ2n) is 22.2. The minimum Gasteiger partial charge on any atom is -0.456 e. The zero-order valence-electron chi connectivity index (χ0n) is 44.7. The van der Waals surface area contributed by atoms with Crippen LogP contribution < -0.4 is 26.2 Å². The van der Waals surface area contributed by atoms with E-state index in [4.69, 9.17) is 4.42 Å². The maximum absolute atomic E-state index is 6.70. The number of nitrogens with zero attached hydrogens (tertiary/aromatic N) is 2. The van der Waals surface area contributed by atoms with Crippen molar-refractivity contribution in [3.05, 3.63) is 260 Å². The SMILES string of the molecule is CCCCc1c(N2c3ccc(-c4ccccc4)cc3B3c4cc(-c5ccccc5)ccc4N(c4c(-c5ccccc5)cc(-c5ccccc5)cc4-c4ccccc4)c4cc(C(C)(C)C)cc2c43)ccc2oc3ccccc3c12. The van der Waals surface area contributed by atoms with Crippen molar-refractivity contribution in [1.29, 1.82) is 0 Å². The number of para-hydroxylation sites is 1. The van der Waals surface area contributed by atoms with E-state index in [-0.39, 0.29) is 12.1 Å². The molecule has 0 radical (unpaired) electrons. The fraction of sp³-hybridized carbons (Fsp3) is 0.108. The van der Waals surface area contributed by atoms with Crippen LogP contribution in [0.5, 0.6) is 0 Å². The van der Waals surface area contributed by atoms with Gasteiger partial charge in [0, 0.05) is 44.6 Å². The third-order valence-corrected chi connectivity index (χ3v) is 16.4. The molecule has 1 aromatic heterocycles. The zero-order valence-corrected chi connectivity index (χ0v) is 44.7. The number of anilines is 6. The lowest BCUT2D eigenvalue weighted by Crippen LogP contribution is -2.61. The quantitative estimate of drug-likeness (QED) is 0.127.